The lowest BCUT2D eigenvalue weighted by molar-refractivity contribution is -0.167. The van der Waals surface area contributed by atoms with Gasteiger partial charge in [-0.15, -0.1) is 0 Å². The second-order valence-corrected chi connectivity index (χ2v) is 18.5. The van der Waals surface area contributed by atoms with Gasteiger partial charge in [0, 0.05) is 19.3 Å². The van der Waals surface area contributed by atoms with Crippen LogP contribution in [0.4, 0.5) is 0 Å². The van der Waals surface area contributed by atoms with E-state index < -0.39 is 6.10 Å². The molecule has 0 radical (unpaired) electrons. The molecule has 0 aromatic heterocycles. The Morgan fingerprint density at radius 2 is 0.541 bits per heavy atom. The molecule has 0 heterocycles. The van der Waals surface area contributed by atoms with Crippen LogP contribution in [0.1, 0.15) is 303 Å². The molecule has 0 spiro atoms. The van der Waals surface area contributed by atoms with Gasteiger partial charge in [0.15, 0.2) is 6.10 Å². The van der Waals surface area contributed by atoms with Gasteiger partial charge in [0.2, 0.25) is 0 Å². The second-order valence-electron chi connectivity index (χ2n) is 18.5. The maximum absolute atomic E-state index is 12.8. The number of allylic oxidation sites excluding steroid dienone is 2. The van der Waals surface area contributed by atoms with E-state index in [1.807, 2.05) is 0 Å². The lowest BCUT2D eigenvalue weighted by Crippen LogP contribution is -2.30. The highest BCUT2D eigenvalue weighted by molar-refractivity contribution is 5.71. The number of carbonyl (C=O) groups excluding carboxylic acids is 3. The van der Waals surface area contributed by atoms with E-state index in [1.165, 1.54) is 205 Å². The summed E-state index contributed by atoms with van der Waals surface area (Å²) in [4.78, 5) is 38.0. The van der Waals surface area contributed by atoms with Crippen molar-refractivity contribution in [3.8, 4) is 0 Å². The van der Waals surface area contributed by atoms with Crippen LogP contribution >= 0.6 is 0 Å². The Balaban J connectivity index is 4.31. The predicted molar refractivity (Wildman–Crippen MR) is 261 cm³/mol. The van der Waals surface area contributed by atoms with Crippen molar-refractivity contribution in [3.05, 3.63) is 12.2 Å². The second kappa shape index (κ2) is 50.8. The fourth-order valence-electron chi connectivity index (χ4n) is 8.14. The number of carbonyl (C=O) groups is 3. The third-order valence-corrected chi connectivity index (χ3v) is 12.3. The minimum absolute atomic E-state index is 0.0657. The molecule has 1 atom stereocenters. The quantitative estimate of drug-likeness (QED) is 0.0262. The zero-order chi connectivity index (χ0) is 44.4. The Bertz CT molecular complexity index is 947. The first-order valence-electron chi connectivity index (χ1n) is 27.2. The fourth-order valence-corrected chi connectivity index (χ4v) is 8.14. The number of hydrogen-bond acceptors (Lipinski definition) is 6. The third kappa shape index (κ3) is 49.0. The molecule has 0 aliphatic carbocycles. The van der Waals surface area contributed by atoms with Gasteiger partial charge in [-0.2, -0.15) is 0 Å². The summed E-state index contributed by atoms with van der Waals surface area (Å²) in [5.41, 5.74) is 0. The molecule has 0 fully saturated rings. The minimum Gasteiger partial charge on any atom is -0.462 e. The van der Waals surface area contributed by atoms with Crippen LogP contribution in [-0.2, 0) is 28.6 Å². The highest BCUT2D eigenvalue weighted by Crippen LogP contribution is 2.16. The average molecular weight is 861 g/mol. The molecule has 6 heteroatoms. The van der Waals surface area contributed by atoms with Crippen LogP contribution < -0.4 is 0 Å². The molecule has 0 bridgehead atoms. The van der Waals surface area contributed by atoms with Crippen molar-refractivity contribution >= 4 is 17.9 Å². The molecular formula is C55H104O6. The van der Waals surface area contributed by atoms with E-state index in [-0.39, 0.29) is 31.1 Å². The molecule has 0 aliphatic rings. The molecule has 0 aromatic carbocycles. The average Bonchev–Trinajstić information content (AvgIpc) is 3.26. The van der Waals surface area contributed by atoms with Gasteiger partial charge >= 0.3 is 17.9 Å². The summed E-state index contributed by atoms with van der Waals surface area (Å²) in [6.07, 6.45) is 56.2. The highest BCUT2D eigenvalue weighted by atomic mass is 16.6. The number of hydrogen-bond donors (Lipinski definition) is 0. The molecule has 0 N–H and O–H groups in total. The van der Waals surface area contributed by atoms with Gasteiger partial charge in [0.1, 0.15) is 13.2 Å². The molecule has 360 valence electrons. The Labute approximate surface area is 380 Å². The Hall–Kier alpha value is -1.85. The lowest BCUT2D eigenvalue weighted by Gasteiger charge is -2.18. The summed E-state index contributed by atoms with van der Waals surface area (Å²) >= 11 is 0. The summed E-state index contributed by atoms with van der Waals surface area (Å²) in [5, 5.41) is 0. The van der Waals surface area contributed by atoms with E-state index in [1.54, 1.807) is 0 Å². The van der Waals surface area contributed by atoms with Crippen molar-refractivity contribution < 1.29 is 28.6 Å². The highest BCUT2D eigenvalue weighted by Gasteiger charge is 2.19. The lowest BCUT2D eigenvalue weighted by atomic mass is 10.0. The van der Waals surface area contributed by atoms with E-state index in [0.29, 0.717) is 19.3 Å². The number of esters is 3. The van der Waals surface area contributed by atoms with E-state index in [2.05, 4.69) is 32.9 Å². The van der Waals surface area contributed by atoms with Gasteiger partial charge in [0.25, 0.3) is 0 Å². The van der Waals surface area contributed by atoms with Crippen molar-refractivity contribution in [2.45, 2.75) is 309 Å². The molecule has 0 rings (SSSR count). The normalized spacial score (nSPS) is 12.0. The maximum atomic E-state index is 12.8. The van der Waals surface area contributed by atoms with Crippen LogP contribution in [-0.4, -0.2) is 37.2 Å². The molecule has 0 saturated carbocycles. The van der Waals surface area contributed by atoms with Gasteiger partial charge in [-0.25, -0.2) is 0 Å². The van der Waals surface area contributed by atoms with Crippen LogP contribution in [0.15, 0.2) is 12.2 Å². The van der Waals surface area contributed by atoms with Gasteiger partial charge in [-0.3, -0.25) is 14.4 Å². The molecule has 0 amide bonds. The van der Waals surface area contributed by atoms with E-state index in [9.17, 15) is 14.4 Å². The van der Waals surface area contributed by atoms with Gasteiger partial charge in [0.05, 0.1) is 0 Å². The molecule has 61 heavy (non-hydrogen) atoms. The molecule has 0 saturated heterocycles. The van der Waals surface area contributed by atoms with Crippen LogP contribution in [0, 0.1) is 0 Å². The summed E-state index contributed by atoms with van der Waals surface area (Å²) < 4.78 is 16.8. The summed E-state index contributed by atoms with van der Waals surface area (Å²) in [7, 11) is 0. The van der Waals surface area contributed by atoms with Gasteiger partial charge < -0.3 is 14.2 Å². The molecule has 0 unspecified atom stereocenters. The molecular weight excluding hydrogens is 757 g/mol. The minimum atomic E-state index is -0.764. The fraction of sp³-hybridized carbons (Fsp3) is 0.909. The van der Waals surface area contributed by atoms with E-state index in [4.69, 9.17) is 14.2 Å². The topological polar surface area (TPSA) is 78.9 Å². The van der Waals surface area contributed by atoms with E-state index >= 15 is 0 Å². The van der Waals surface area contributed by atoms with Crippen molar-refractivity contribution in [2.75, 3.05) is 13.2 Å². The smallest absolute Gasteiger partial charge is 0.306 e. The summed E-state index contributed by atoms with van der Waals surface area (Å²) in [6, 6.07) is 0. The predicted octanol–water partition coefficient (Wildman–Crippen LogP) is 17.8. The van der Waals surface area contributed by atoms with Crippen LogP contribution in [0.5, 0.6) is 0 Å². The standard InChI is InChI=1S/C55H104O6/c1-4-7-10-13-16-19-22-25-26-27-28-31-33-36-39-42-45-48-54(57)60-51-52(61-55(58)49-46-43-40-37-34-30-24-21-18-15-12-9-6-3)50-59-53(56)47-44-41-38-35-32-29-23-20-17-14-11-8-5-2/h25-26,52H,4-24,27-51H2,1-3H3/t52-/m1/s1. The zero-order valence-corrected chi connectivity index (χ0v) is 41.2. The largest absolute Gasteiger partial charge is 0.462 e. The van der Waals surface area contributed by atoms with Crippen LogP contribution in [0.2, 0.25) is 0 Å². The Kier molecular flexibility index (Phi) is 49.3. The Morgan fingerprint density at radius 1 is 0.311 bits per heavy atom. The first kappa shape index (κ1) is 59.1. The number of ether oxygens (including phenoxy) is 3. The molecule has 0 aromatic rings. The number of rotatable bonds is 50. The van der Waals surface area contributed by atoms with Crippen molar-refractivity contribution in [1.29, 1.82) is 0 Å². The van der Waals surface area contributed by atoms with Gasteiger partial charge in [-0.1, -0.05) is 251 Å². The summed E-state index contributed by atoms with van der Waals surface area (Å²) in [5.74, 6) is -0.851. The molecule has 0 aliphatic heterocycles. The number of unbranched alkanes of at least 4 members (excludes halogenated alkanes) is 37. The van der Waals surface area contributed by atoms with Crippen molar-refractivity contribution in [3.63, 3.8) is 0 Å². The first-order chi connectivity index (χ1) is 30.0. The van der Waals surface area contributed by atoms with Crippen LogP contribution in [0.3, 0.4) is 0 Å². The van der Waals surface area contributed by atoms with Crippen molar-refractivity contribution in [2.24, 2.45) is 0 Å². The maximum Gasteiger partial charge on any atom is 0.306 e. The molecule has 6 nitrogen and oxygen atoms in total. The third-order valence-electron chi connectivity index (χ3n) is 12.3. The zero-order valence-electron chi connectivity index (χ0n) is 41.2. The Morgan fingerprint density at radius 3 is 0.820 bits per heavy atom. The summed E-state index contributed by atoms with van der Waals surface area (Å²) in [6.45, 7) is 6.67. The van der Waals surface area contributed by atoms with Crippen LogP contribution in [0.25, 0.3) is 0 Å². The van der Waals surface area contributed by atoms with E-state index in [0.717, 1.165) is 57.8 Å². The first-order valence-corrected chi connectivity index (χ1v) is 27.2. The SMILES string of the molecule is CCCCCCCCC=CCCCCCCCCCC(=O)OC[C@@H](COC(=O)CCCCCCCCCCCCCCC)OC(=O)CCCCCCCCCCCCCCC. The monoisotopic (exact) mass is 861 g/mol. The van der Waals surface area contributed by atoms with Gasteiger partial charge in [-0.05, 0) is 44.9 Å². The van der Waals surface area contributed by atoms with Crippen molar-refractivity contribution in [1.82, 2.24) is 0 Å².